The van der Waals surface area contributed by atoms with Crippen LogP contribution in [0.25, 0.3) is 15.3 Å². The number of nitrogens with zero attached hydrogens (tertiary/aromatic N) is 3. The Hall–Kier alpha value is -3.52. The fourth-order valence-corrected chi connectivity index (χ4v) is 4.03. The van der Waals surface area contributed by atoms with Crippen molar-refractivity contribution in [2.45, 2.75) is 26.7 Å². The van der Waals surface area contributed by atoms with E-state index in [-0.39, 0.29) is 17.7 Å². The van der Waals surface area contributed by atoms with Gasteiger partial charge in [-0.05, 0) is 42.3 Å². The van der Waals surface area contributed by atoms with E-state index >= 15 is 0 Å². The van der Waals surface area contributed by atoms with Crippen molar-refractivity contribution in [3.05, 3.63) is 66.0 Å². The number of rotatable bonds is 5. The molecule has 2 N–H and O–H groups in total. The third kappa shape index (κ3) is 4.08. The highest BCUT2D eigenvalue weighted by Crippen LogP contribution is 2.28. The number of carbonyl (C=O) groups is 2. The van der Waals surface area contributed by atoms with Crippen molar-refractivity contribution in [1.29, 1.82) is 0 Å². The van der Waals surface area contributed by atoms with E-state index in [4.69, 9.17) is 0 Å². The van der Waals surface area contributed by atoms with Crippen LogP contribution >= 0.6 is 11.3 Å². The number of amides is 2. The quantitative estimate of drug-likeness (QED) is 0.486. The number of hydrogen-bond donors (Lipinski definition) is 2. The predicted molar refractivity (Wildman–Crippen MR) is 120 cm³/mol. The molecule has 152 valence electrons. The molecule has 0 aliphatic heterocycles. The molecule has 0 saturated carbocycles. The van der Waals surface area contributed by atoms with E-state index in [0.717, 1.165) is 21.0 Å². The molecular weight excluding hydrogens is 398 g/mol. The maximum atomic E-state index is 12.8. The molecule has 0 aliphatic rings. The Balaban J connectivity index is 1.64. The zero-order chi connectivity index (χ0) is 21.3. The number of carbonyl (C=O) groups excluding carboxylic acids is 2. The highest BCUT2D eigenvalue weighted by atomic mass is 32.1. The third-order valence-electron chi connectivity index (χ3n) is 4.47. The summed E-state index contributed by atoms with van der Waals surface area (Å²) in [7, 11) is 0. The summed E-state index contributed by atoms with van der Waals surface area (Å²) in [5.74, 6) is -0.333. The maximum absolute atomic E-state index is 12.8. The smallest absolute Gasteiger partial charge is 0.276 e. The number of nitrogens with one attached hydrogen (secondary N) is 2. The van der Waals surface area contributed by atoms with Crippen LogP contribution in [0.4, 0.5) is 11.4 Å². The normalized spacial score (nSPS) is 11.1. The Bertz CT molecular complexity index is 1210. The van der Waals surface area contributed by atoms with Gasteiger partial charge in [0.25, 0.3) is 5.91 Å². The van der Waals surface area contributed by atoms with Gasteiger partial charge in [-0.2, -0.15) is 5.10 Å². The molecule has 2 aromatic heterocycles. The lowest BCUT2D eigenvalue weighted by atomic mass is 10.1. The molecule has 2 amide bonds. The first-order chi connectivity index (χ1) is 14.4. The van der Waals surface area contributed by atoms with Gasteiger partial charge in [0.1, 0.15) is 0 Å². The van der Waals surface area contributed by atoms with E-state index in [1.165, 1.54) is 18.3 Å². The number of anilines is 2. The molecule has 0 radical (unpaired) electrons. The Kier molecular flexibility index (Phi) is 5.33. The minimum atomic E-state index is -0.322. The van der Waals surface area contributed by atoms with Crippen LogP contribution in [-0.4, -0.2) is 26.6 Å². The van der Waals surface area contributed by atoms with Gasteiger partial charge in [0.15, 0.2) is 5.69 Å². The van der Waals surface area contributed by atoms with Crippen molar-refractivity contribution in [2.24, 2.45) is 0 Å². The highest BCUT2D eigenvalue weighted by Gasteiger charge is 2.19. The summed E-state index contributed by atoms with van der Waals surface area (Å²) in [6, 6.07) is 16.7. The Labute approximate surface area is 177 Å². The van der Waals surface area contributed by atoms with E-state index in [0.29, 0.717) is 17.1 Å². The Morgan fingerprint density at radius 1 is 1.00 bits per heavy atom. The van der Waals surface area contributed by atoms with Crippen molar-refractivity contribution < 1.29 is 9.59 Å². The highest BCUT2D eigenvalue weighted by molar-refractivity contribution is 7.20. The SMILES string of the molecule is CC(=O)Nc1cccc(NC(=O)c2cc(C(C)C)n(-c3nc4ccccc4s3)n2)c1. The number of para-hydroxylation sites is 1. The minimum Gasteiger partial charge on any atom is -0.326 e. The average molecular weight is 420 g/mol. The van der Waals surface area contributed by atoms with Crippen LogP contribution in [0.2, 0.25) is 0 Å². The van der Waals surface area contributed by atoms with Crippen LogP contribution in [0.1, 0.15) is 42.9 Å². The second kappa shape index (κ2) is 8.08. The number of aromatic nitrogens is 3. The molecule has 0 bridgehead atoms. The van der Waals surface area contributed by atoms with Crippen molar-refractivity contribution in [2.75, 3.05) is 10.6 Å². The fourth-order valence-electron chi connectivity index (χ4n) is 3.09. The maximum Gasteiger partial charge on any atom is 0.276 e. The van der Waals surface area contributed by atoms with Crippen LogP contribution < -0.4 is 10.6 Å². The molecule has 4 rings (SSSR count). The van der Waals surface area contributed by atoms with Gasteiger partial charge in [0, 0.05) is 18.3 Å². The second-order valence-corrected chi connectivity index (χ2v) is 8.21. The number of benzene rings is 2. The molecule has 2 aromatic carbocycles. The third-order valence-corrected chi connectivity index (χ3v) is 5.48. The standard InChI is InChI=1S/C22H21N5O2S/c1-13(2)19-12-18(21(29)24-16-8-6-7-15(11-16)23-14(3)28)26-27(19)22-25-17-9-4-5-10-20(17)30-22/h4-13H,1-3H3,(H,23,28)(H,24,29). The molecule has 30 heavy (non-hydrogen) atoms. The van der Waals surface area contributed by atoms with E-state index in [2.05, 4.69) is 34.6 Å². The Morgan fingerprint density at radius 2 is 1.73 bits per heavy atom. The molecule has 0 saturated heterocycles. The monoisotopic (exact) mass is 419 g/mol. The van der Waals surface area contributed by atoms with Crippen LogP contribution in [0.3, 0.4) is 0 Å². The zero-order valence-electron chi connectivity index (χ0n) is 16.8. The molecule has 0 atom stereocenters. The first-order valence-electron chi connectivity index (χ1n) is 9.55. The van der Waals surface area contributed by atoms with Crippen LogP contribution in [0.15, 0.2) is 54.6 Å². The average Bonchev–Trinajstić information content (AvgIpc) is 3.32. The molecule has 0 unspecified atom stereocenters. The second-order valence-electron chi connectivity index (χ2n) is 7.20. The van der Waals surface area contributed by atoms with E-state index in [1.54, 1.807) is 35.0 Å². The van der Waals surface area contributed by atoms with Crippen molar-refractivity contribution in [1.82, 2.24) is 14.8 Å². The molecule has 2 heterocycles. The zero-order valence-corrected chi connectivity index (χ0v) is 17.7. The van der Waals surface area contributed by atoms with Gasteiger partial charge in [-0.3, -0.25) is 9.59 Å². The first-order valence-corrected chi connectivity index (χ1v) is 10.4. The summed E-state index contributed by atoms with van der Waals surface area (Å²) in [6.07, 6.45) is 0. The minimum absolute atomic E-state index is 0.161. The van der Waals surface area contributed by atoms with E-state index in [1.807, 2.05) is 24.3 Å². The van der Waals surface area contributed by atoms with Gasteiger partial charge in [-0.15, -0.1) is 0 Å². The molecular formula is C22H21N5O2S. The molecule has 7 nitrogen and oxygen atoms in total. The van der Waals surface area contributed by atoms with Crippen LogP contribution in [0, 0.1) is 0 Å². The Morgan fingerprint density at radius 3 is 2.43 bits per heavy atom. The van der Waals surface area contributed by atoms with E-state index < -0.39 is 0 Å². The van der Waals surface area contributed by atoms with Gasteiger partial charge < -0.3 is 10.6 Å². The van der Waals surface area contributed by atoms with Crippen LogP contribution in [0.5, 0.6) is 0 Å². The lowest BCUT2D eigenvalue weighted by molar-refractivity contribution is -0.114. The predicted octanol–water partition coefficient (Wildman–Crippen LogP) is 4.82. The fraction of sp³-hybridized carbons (Fsp3) is 0.182. The molecule has 0 aliphatic carbocycles. The number of fused-ring (bicyclic) bond motifs is 1. The molecule has 0 fully saturated rings. The summed E-state index contributed by atoms with van der Waals surface area (Å²) >= 11 is 1.54. The lowest BCUT2D eigenvalue weighted by Crippen LogP contribution is -2.13. The molecule has 4 aromatic rings. The first kappa shape index (κ1) is 19.8. The lowest BCUT2D eigenvalue weighted by Gasteiger charge is -2.06. The van der Waals surface area contributed by atoms with Gasteiger partial charge in [0.2, 0.25) is 11.0 Å². The van der Waals surface area contributed by atoms with Gasteiger partial charge in [0.05, 0.1) is 15.9 Å². The van der Waals surface area contributed by atoms with Crippen molar-refractivity contribution >= 4 is 44.7 Å². The van der Waals surface area contributed by atoms with Crippen molar-refractivity contribution in [3.63, 3.8) is 0 Å². The topological polar surface area (TPSA) is 88.9 Å². The summed E-state index contributed by atoms with van der Waals surface area (Å²) in [6.45, 7) is 5.55. The summed E-state index contributed by atoms with van der Waals surface area (Å²) in [5, 5.41) is 10.8. The van der Waals surface area contributed by atoms with Gasteiger partial charge in [-0.25, -0.2) is 9.67 Å². The number of thiazole rings is 1. The van der Waals surface area contributed by atoms with E-state index in [9.17, 15) is 9.59 Å². The van der Waals surface area contributed by atoms with Crippen LogP contribution in [-0.2, 0) is 4.79 Å². The summed E-state index contributed by atoms with van der Waals surface area (Å²) in [5.41, 5.74) is 3.31. The molecule has 8 heteroatoms. The van der Waals surface area contributed by atoms with Gasteiger partial charge in [-0.1, -0.05) is 43.4 Å². The number of hydrogen-bond acceptors (Lipinski definition) is 5. The summed E-state index contributed by atoms with van der Waals surface area (Å²) in [4.78, 5) is 28.8. The summed E-state index contributed by atoms with van der Waals surface area (Å²) < 4.78 is 2.82. The van der Waals surface area contributed by atoms with Gasteiger partial charge >= 0.3 is 0 Å². The largest absolute Gasteiger partial charge is 0.326 e. The van der Waals surface area contributed by atoms with Crippen molar-refractivity contribution in [3.8, 4) is 5.13 Å². The molecule has 0 spiro atoms.